The molecule has 1 unspecified atom stereocenters. The second-order valence-electron chi connectivity index (χ2n) is 6.67. The van der Waals surface area contributed by atoms with Crippen LogP contribution in [0.5, 0.6) is 0 Å². The predicted octanol–water partition coefficient (Wildman–Crippen LogP) is 2.74. The van der Waals surface area contributed by atoms with Crippen molar-refractivity contribution in [3.05, 3.63) is 0 Å². The molecule has 1 N–H and O–H groups in total. The van der Waals surface area contributed by atoms with E-state index in [1.54, 1.807) is 0 Å². The molecule has 0 aromatic carbocycles. The van der Waals surface area contributed by atoms with E-state index in [1.165, 1.54) is 51.9 Å². The molecule has 1 saturated heterocycles. The van der Waals surface area contributed by atoms with Gasteiger partial charge in [0.15, 0.2) is 0 Å². The van der Waals surface area contributed by atoms with E-state index < -0.39 is 0 Å². The molecule has 1 saturated carbocycles. The fraction of sp³-hybridized carbons (Fsp3) is 1.00. The fourth-order valence-corrected chi connectivity index (χ4v) is 2.96. The van der Waals surface area contributed by atoms with Gasteiger partial charge in [-0.05, 0) is 63.1 Å². The number of likely N-dealkylation sites (tertiary alicyclic amines) is 1. The summed E-state index contributed by atoms with van der Waals surface area (Å²) in [6.07, 6.45) is 5.65. The first-order valence-electron chi connectivity index (χ1n) is 7.61. The Bertz CT molecular complexity index is 215. The van der Waals surface area contributed by atoms with Crippen molar-refractivity contribution in [3.8, 4) is 0 Å². The monoisotopic (exact) mass is 238 g/mol. The smallest absolute Gasteiger partial charge is 0.00683 e. The van der Waals surface area contributed by atoms with Crippen LogP contribution in [0.25, 0.3) is 0 Å². The SMILES string of the molecule is CC(CNC1CC1)CN1CCC(C(C)C)CC1. The summed E-state index contributed by atoms with van der Waals surface area (Å²) in [6, 6.07) is 0.865. The van der Waals surface area contributed by atoms with Gasteiger partial charge in [-0.2, -0.15) is 0 Å². The molecule has 0 aromatic heterocycles. The Kier molecular flexibility index (Phi) is 4.87. The molecule has 2 aliphatic rings. The van der Waals surface area contributed by atoms with Crippen molar-refractivity contribution in [1.29, 1.82) is 0 Å². The van der Waals surface area contributed by atoms with Crippen LogP contribution < -0.4 is 5.32 Å². The van der Waals surface area contributed by atoms with Crippen molar-refractivity contribution < 1.29 is 0 Å². The van der Waals surface area contributed by atoms with Gasteiger partial charge in [0.1, 0.15) is 0 Å². The van der Waals surface area contributed by atoms with Crippen molar-refractivity contribution in [3.63, 3.8) is 0 Å². The Labute approximate surface area is 107 Å². The van der Waals surface area contributed by atoms with E-state index in [1.807, 2.05) is 0 Å². The third-order valence-electron chi connectivity index (χ3n) is 4.48. The topological polar surface area (TPSA) is 15.3 Å². The molecule has 17 heavy (non-hydrogen) atoms. The van der Waals surface area contributed by atoms with E-state index in [4.69, 9.17) is 0 Å². The van der Waals surface area contributed by atoms with Gasteiger partial charge in [0, 0.05) is 12.6 Å². The van der Waals surface area contributed by atoms with Crippen LogP contribution in [0, 0.1) is 17.8 Å². The highest BCUT2D eigenvalue weighted by atomic mass is 15.1. The lowest BCUT2D eigenvalue weighted by Gasteiger charge is -2.35. The Morgan fingerprint density at radius 2 is 1.71 bits per heavy atom. The average Bonchev–Trinajstić information content (AvgIpc) is 3.11. The van der Waals surface area contributed by atoms with Crippen LogP contribution in [0.15, 0.2) is 0 Å². The third kappa shape index (κ3) is 4.59. The molecular formula is C15H30N2. The number of piperidine rings is 1. The minimum atomic E-state index is 0.811. The first-order valence-corrected chi connectivity index (χ1v) is 7.61. The van der Waals surface area contributed by atoms with Gasteiger partial charge in [0.05, 0.1) is 0 Å². The van der Waals surface area contributed by atoms with Crippen molar-refractivity contribution in [1.82, 2.24) is 10.2 Å². The van der Waals surface area contributed by atoms with Crippen molar-refractivity contribution in [2.45, 2.75) is 52.5 Å². The third-order valence-corrected chi connectivity index (χ3v) is 4.48. The van der Waals surface area contributed by atoms with E-state index in [0.717, 1.165) is 23.8 Å². The summed E-state index contributed by atoms with van der Waals surface area (Å²) in [7, 11) is 0. The zero-order chi connectivity index (χ0) is 12.3. The summed E-state index contributed by atoms with van der Waals surface area (Å²) in [5.41, 5.74) is 0. The lowest BCUT2D eigenvalue weighted by molar-refractivity contribution is 0.141. The van der Waals surface area contributed by atoms with Crippen LogP contribution in [0.4, 0.5) is 0 Å². The molecule has 0 spiro atoms. The van der Waals surface area contributed by atoms with Gasteiger partial charge in [-0.15, -0.1) is 0 Å². The molecule has 100 valence electrons. The molecule has 1 heterocycles. The van der Waals surface area contributed by atoms with E-state index in [2.05, 4.69) is 31.0 Å². The van der Waals surface area contributed by atoms with Gasteiger partial charge < -0.3 is 10.2 Å². The molecule has 1 aliphatic carbocycles. The largest absolute Gasteiger partial charge is 0.314 e. The number of nitrogens with zero attached hydrogens (tertiary/aromatic N) is 1. The van der Waals surface area contributed by atoms with Crippen LogP contribution in [0.2, 0.25) is 0 Å². The normalized spacial score (nSPS) is 25.4. The molecule has 1 atom stereocenters. The standard InChI is InChI=1S/C15H30N2/c1-12(2)14-6-8-17(9-7-14)11-13(3)10-16-15-4-5-15/h12-16H,4-11H2,1-3H3. The molecule has 2 rings (SSSR count). The van der Waals surface area contributed by atoms with Crippen LogP contribution in [-0.2, 0) is 0 Å². The summed E-state index contributed by atoms with van der Waals surface area (Å²) in [6.45, 7) is 12.3. The van der Waals surface area contributed by atoms with Gasteiger partial charge in [-0.3, -0.25) is 0 Å². The fourth-order valence-electron chi connectivity index (χ4n) is 2.96. The van der Waals surface area contributed by atoms with Gasteiger partial charge in [0.2, 0.25) is 0 Å². The zero-order valence-corrected chi connectivity index (χ0v) is 11.9. The van der Waals surface area contributed by atoms with Crippen LogP contribution >= 0.6 is 0 Å². The first-order chi connectivity index (χ1) is 8.15. The van der Waals surface area contributed by atoms with Crippen molar-refractivity contribution >= 4 is 0 Å². The summed E-state index contributed by atoms with van der Waals surface area (Å²) in [5.74, 6) is 2.67. The van der Waals surface area contributed by atoms with Crippen molar-refractivity contribution in [2.24, 2.45) is 17.8 Å². The summed E-state index contributed by atoms with van der Waals surface area (Å²) in [4.78, 5) is 2.68. The second-order valence-corrected chi connectivity index (χ2v) is 6.67. The van der Waals surface area contributed by atoms with E-state index >= 15 is 0 Å². The highest BCUT2D eigenvalue weighted by Crippen LogP contribution is 2.25. The van der Waals surface area contributed by atoms with Crippen LogP contribution in [-0.4, -0.2) is 37.1 Å². The highest BCUT2D eigenvalue weighted by Gasteiger charge is 2.24. The molecule has 0 bridgehead atoms. The number of hydrogen-bond donors (Lipinski definition) is 1. The van der Waals surface area contributed by atoms with E-state index in [0.29, 0.717) is 0 Å². The maximum Gasteiger partial charge on any atom is 0.00683 e. The average molecular weight is 238 g/mol. The summed E-state index contributed by atoms with van der Waals surface area (Å²) in [5, 5.41) is 3.65. The molecular weight excluding hydrogens is 208 g/mol. The van der Waals surface area contributed by atoms with Gasteiger partial charge >= 0.3 is 0 Å². The molecule has 2 nitrogen and oxygen atoms in total. The minimum absolute atomic E-state index is 0.811. The molecule has 2 fully saturated rings. The van der Waals surface area contributed by atoms with Crippen LogP contribution in [0.1, 0.15) is 46.5 Å². The Balaban J connectivity index is 1.59. The lowest BCUT2D eigenvalue weighted by atomic mass is 9.86. The van der Waals surface area contributed by atoms with Crippen molar-refractivity contribution in [2.75, 3.05) is 26.2 Å². The first kappa shape index (κ1) is 13.4. The lowest BCUT2D eigenvalue weighted by Crippen LogP contribution is -2.40. The maximum atomic E-state index is 3.65. The number of hydrogen-bond acceptors (Lipinski definition) is 2. The number of nitrogens with one attached hydrogen (secondary N) is 1. The van der Waals surface area contributed by atoms with E-state index in [-0.39, 0.29) is 0 Å². The number of rotatable bonds is 6. The maximum absolute atomic E-state index is 3.65. The Hall–Kier alpha value is -0.0800. The Morgan fingerprint density at radius 3 is 2.24 bits per heavy atom. The van der Waals surface area contributed by atoms with Gasteiger partial charge in [0.25, 0.3) is 0 Å². The van der Waals surface area contributed by atoms with Crippen LogP contribution in [0.3, 0.4) is 0 Å². The molecule has 0 radical (unpaired) electrons. The summed E-state index contributed by atoms with van der Waals surface area (Å²) >= 11 is 0. The zero-order valence-electron chi connectivity index (χ0n) is 11.9. The van der Waals surface area contributed by atoms with E-state index in [9.17, 15) is 0 Å². The molecule has 0 amide bonds. The second kappa shape index (κ2) is 6.19. The highest BCUT2D eigenvalue weighted by molar-refractivity contribution is 4.82. The van der Waals surface area contributed by atoms with Gasteiger partial charge in [-0.25, -0.2) is 0 Å². The quantitative estimate of drug-likeness (QED) is 0.765. The molecule has 0 aromatic rings. The summed E-state index contributed by atoms with van der Waals surface area (Å²) < 4.78 is 0. The Morgan fingerprint density at radius 1 is 1.06 bits per heavy atom. The molecule has 2 heteroatoms. The molecule has 1 aliphatic heterocycles. The predicted molar refractivity (Wildman–Crippen MR) is 74.2 cm³/mol. The van der Waals surface area contributed by atoms with Gasteiger partial charge in [-0.1, -0.05) is 20.8 Å². The minimum Gasteiger partial charge on any atom is -0.314 e.